The molecule has 2 aromatic heterocycles. The predicted octanol–water partition coefficient (Wildman–Crippen LogP) is 6.11. The van der Waals surface area contributed by atoms with Crippen LogP contribution >= 0.6 is 23.2 Å². The number of anilines is 1. The normalized spacial score (nSPS) is 10.9. The van der Waals surface area contributed by atoms with E-state index in [-0.39, 0.29) is 12.4 Å². The van der Waals surface area contributed by atoms with Crippen LogP contribution in [0.4, 0.5) is 10.2 Å². The second kappa shape index (κ2) is 9.46. The topological polar surface area (TPSA) is 69.3 Å². The quantitative estimate of drug-likeness (QED) is 0.351. The van der Waals surface area contributed by atoms with Crippen LogP contribution in [-0.4, -0.2) is 15.7 Å². The number of aromatic nitrogens is 2. The van der Waals surface area contributed by atoms with Crippen LogP contribution in [0.5, 0.6) is 5.75 Å². The maximum Gasteiger partial charge on any atom is 0.292 e. The first-order chi connectivity index (χ1) is 15.4. The molecule has 0 saturated heterocycles. The average Bonchev–Trinajstić information content (AvgIpc) is 3.40. The van der Waals surface area contributed by atoms with Gasteiger partial charge < -0.3 is 14.5 Å². The molecule has 6 nitrogen and oxygen atoms in total. The first-order valence-corrected chi connectivity index (χ1v) is 10.4. The van der Waals surface area contributed by atoms with Crippen molar-refractivity contribution in [3.8, 4) is 5.75 Å². The van der Waals surface area contributed by atoms with Crippen LogP contribution in [0.2, 0.25) is 10.0 Å². The highest BCUT2D eigenvalue weighted by molar-refractivity contribution is 6.31. The van der Waals surface area contributed by atoms with Gasteiger partial charge in [-0.15, -0.1) is 0 Å². The number of hydrogen-bond donors (Lipinski definition) is 1. The van der Waals surface area contributed by atoms with Gasteiger partial charge in [-0.1, -0.05) is 29.3 Å². The number of nitrogens with one attached hydrogen (secondary N) is 1. The van der Waals surface area contributed by atoms with E-state index in [1.165, 1.54) is 12.1 Å². The summed E-state index contributed by atoms with van der Waals surface area (Å²) in [6.07, 6.45) is 1.69. The van der Waals surface area contributed by atoms with E-state index < -0.39 is 11.7 Å². The van der Waals surface area contributed by atoms with Crippen molar-refractivity contribution >= 4 is 34.9 Å². The molecule has 0 unspecified atom stereocenters. The van der Waals surface area contributed by atoms with Crippen molar-refractivity contribution in [2.75, 3.05) is 5.32 Å². The molecule has 0 radical (unpaired) electrons. The zero-order valence-electron chi connectivity index (χ0n) is 16.9. The second-order valence-corrected chi connectivity index (χ2v) is 7.87. The molecular weight excluding hydrogens is 456 g/mol. The molecule has 32 heavy (non-hydrogen) atoms. The van der Waals surface area contributed by atoms with Crippen molar-refractivity contribution in [3.63, 3.8) is 0 Å². The van der Waals surface area contributed by atoms with E-state index >= 15 is 0 Å². The number of carbonyl (C=O) groups is 1. The molecule has 164 valence electrons. The molecule has 0 aliphatic carbocycles. The Morgan fingerprint density at radius 1 is 1.12 bits per heavy atom. The summed E-state index contributed by atoms with van der Waals surface area (Å²) in [7, 11) is 0. The summed E-state index contributed by atoms with van der Waals surface area (Å²) in [5, 5.41) is 7.94. The number of hydrogen-bond acceptors (Lipinski definition) is 4. The lowest BCUT2D eigenvalue weighted by Gasteiger charge is -2.06. The van der Waals surface area contributed by atoms with Crippen LogP contribution < -0.4 is 10.1 Å². The van der Waals surface area contributed by atoms with E-state index in [0.717, 1.165) is 5.56 Å². The minimum Gasteiger partial charge on any atom is -0.486 e. The van der Waals surface area contributed by atoms with E-state index in [1.54, 1.807) is 47.3 Å². The van der Waals surface area contributed by atoms with Crippen LogP contribution in [0.25, 0.3) is 0 Å². The Hall–Kier alpha value is -3.29. The van der Waals surface area contributed by atoms with Gasteiger partial charge in [0.05, 0.1) is 6.54 Å². The fourth-order valence-electron chi connectivity index (χ4n) is 2.96. The van der Waals surface area contributed by atoms with Gasteiger partial charge in [0.2, 0.25) is 0 Å². The van der Waals surface area contributed by atoms with Gasteiger partial charge in [0.15, 0.2) is 11.6 Å². The Bertz CT molecular complexity index is 1270. The highest BCUT2D eigenvalue weighted by atomic mass is 35.5. The lowest BCUT2D eigenvalue weighted by molar-refractivity contribution is 0.0992. The van der Waals surface area contributed by atoms with E-state index in [2.05, 4.69) is 10.4 Å². The number of furan rings is 1. The van der Waals surface area contributed by atoms with Gasteiger partial charge in [-0.05, 0) is 60.5 Å². The van der Waals surface area contributed by atoms with Crippen molar-refractivity contribution < 1.29 is 18.3 Å². The minimum absolute atomic E-state index is 0.131. The van der Waals surface area contributed by atoms with Crippen molar-refractivity contribution in [3.05, 3.63) is 99.3 Å². The summed E-state index contributed by atoms with van der Waals surface area (Å²) in [6, 6.07) is 14.4. The van der Waals surface area contributed by atoms with Crippen LogP contribution in [0, 0.1) is 12.7 Å². The van der Waals surface area contributed by atoms with E-state index in [9.17, 15) is 9.18 Å². The molecule has 1 N–H and O–H groups in total. The lowest BCUT2D eigenvalue weighted by atomic mass is 10.2. The summed E-state index contributed by atoms with van der Waals surface area (Å²) < 4.78 is 26.0. The van der Waals surface area contributed by atoms with Crippen molar-refractivity contribution in [2.45, 2.75) is 20.1 Å². The summed E-state index contributed by atoms with van der Waals surface area (Å²) in [6.45, 7) is 2.39. The fourth-order valence-corrected chi connectivity index (χ4v) is 3.30. The second-order valence-electron chi connectivity index (χ2n) is 7.05. The van der Waals surface area contributed by atoms with Gasteiger partial charge in [0, 0.05) is 22.3 Å². The third-order valence-corrected chi connectivity index (χ3v) is 5.40. The van der Waals surface area contributed by atoms with E-state index in [4.69, 9.17) is 32.4 Å². The number of ether oxygens (including phenoxy) is 1. The highest BCUT2D eigenvalue weighted by Gasteiger charge is 2.14. The maximum absolute atomic E-state index is 13.2. The maximum atomic E-state index is 13.2. The summed E-state index contributed by atoms with van der Waals surface area (Å²) in [5.41, 5.74) is 1.62. The summed E-state index contributed by atoms with van der Waals surface area (Å²) in [5.74, 6) is 0.786. The van der Waals surface area contributed by atoms with Crippen molar-refractivity contribution in [1.82, 2.24) is 9.78 Å². The first kappa shape index (κ1) is 21.9. The number of benzene rings is 2. The molecule has 0 saturated carbocycles. The summed E-state index contributed by atoms with van der Waals surface area (Å²) in [4.78, 5) is 12.5. The molecule has 2 heterocycles. The van der Waals surface area contributed by atoms with Crippen LogP contribution in [0.15, 0.2) is 65.2 Å². The smallest absolute Gasteiger partial charge is 0.292 e. The van der Waals surface area contributed by atoms with Crippen LogP contribution in [0.3, 0.4) is 0 Å². The first-order valence-electron chi connectivity index (χ1n) is 9.64. The SMILES string of the molecule is Cc1cc(OCc2ccc(C(=O)Nc3ccn(Cc4ccc(F)cc4Cl)n3)o2)ccc1Cl. The molecule has 0 aliphatic heterocycles. The lowest BCUT2D eigenvalue weighted by Crippen LogP contribution is -2.12. The van der Waals surface area contributed by atoms with Gasteiger partial charge in [0.25, 0.3) is 5.91 Å². The Labute approximate surface area is 193 Å². The van der Waals surface area contributed by atoms with Crippen molar-refractivity contribution in [1.29, 1.82) is 0 Å². The fraction of sp³-hybridized carbons (Fsp3) is 0.130. The predicted molar refractivity (Wildman–Crippen MR) is 120 cm³/mol. The average molecular weight is 474 g/mol. The van der Waals surface area contributed by atoms with Gasteiger partial charge in [-0.2, -0.15) is 5.10 Å². The van der Waals surface area contributed by atoms with Gasteiger partial charge in [-0.3, -0.25) is 9.48 Å². The largest absolute Gasteiger partial charge is 0.486 e. The molecule has 0 bridgehead atoms. The molecule has 0 spiro atoms. The molecule has 0 fully saturated rings. The molecule has 4 aromatic rings. The zero-order chi connectivity index (χ0) is 22.7. The van der Waals surface area contributed by atoms with Gasteiger partial charge in [-0.25, -0.2) is 4.39 Å². The van der Waals surface area contributed by atoms with E-state index in [0.29, 0.717) is 39.5 Å². The Morgan fingerprint density at radius 3 is 2.75 bits per heavy atom. The monoisotopic (exact) mass is 473 g/mol. The number of aryl methyl sites for hydroxylation is 1. The Kier molecular flexibility index (Phi) is 6.48. The molecule has 0 atom stereocenters. The molecule has 4 rings (SSSR count). The minimum atomic E-state index is -0.441. The van der Waals surface area contributed by atoms with Crippen molar-refractivity contribution in [2.24, 2.45) is 0 Å². The number of rotatable bonds is 7. The molecule has 1 amide bonds. The van der Waals surface area contributed by atoms with Gasteiger partial charge >= 0.3 is 0 Å². The molecule has 2 aromatic carbocycles. The van der Waals surface area contributed by atoms with Gasteiger partial charge in [0.1, 0.15) is 23.9 Å². The number of carbonyl (C=O) groups excluding carboxylic acids is 1. The highest BCUT2D eigenvalue weighted by Crippen LogP contribution is 2.22. The Balaban J connectivity index is 1.34. The third kappa shape index (κ3) is 5.30. The van der Waals surface area contributed by atoms with Crippen LogP contribution in [0.1, 0.15) is 27.4 Å². The third-order valence-electron chi connectivity index (χ3n) is 4.63. The van der Waals surface area contributed by atoms with E-state index in [1.807, 2.05) is 13.0 Å². The molecule has 9 heteroatoms. The number of nitrogens with zero attached hydrogens (tertiary/aromatic N) is 2. The van der Waals surface area contributed by atoms with Crippen LogP contribution in [-0.2, 0) is 13.2 Å². The zero-order valence-corrected chi connectivity index (χ0v) is 18.5. The summed E-state index contributed by atoms with van der Waals surface area (Å²) >= 11 is 12.1. The number of halogens is 3. The number of amides is 1. The molecular formula is C23H18Cl2FN3O3. The Morgan fingerprint density at radius 2 is 1.97 bits per heavy atom. The molecule has 0 aliphatic rings. The standard InChI is InChI=1S/C23H18Cl2FN3O3/c1-14-10-17(4-6-19(14)24)31-13-18-5-7-21(32-18)23(30)27-22-8-9-29(28-22)12-15-2-3-16(26)11-20(15)25/h2-11H,12-13H2,1H3,(H,27,28,30).